The van der Waals surface area contributed by atoms with Crippen LogP contribution in [0.5, 0.6) is 11.5 Å². The first-order valence-corrected chi connectivity index (χ1v) is 9.41. The standard InChI is InChI=1S/C18H22N2O2S2/c1-4-21-14-9-10-17(22-5-2)16(12-14)20-18(23)19-13-7-6-8-15(11-13)24-3/h6-12H,4-5H2,1-3H3,(H2,19,20,23). The van der Waals surface area contributed by atoms with Crippen LogP contribution in [0.3, 0.4) is 0 Å². The Hall–Kier alpha value is -1.92. The topological polar surface area (TPSA) is 42.5 Å². The molecule has 4 nitrogen and oxygen atoms in total. The van der Waals surface area contributed by atoms with Gasteiger partial charge in [0.2, 0.25) is 0 Å². The molecule has 128 valence electrons. The van der Waals surface area contributed by atoms with E-state index in [2.05, 4.69) is 22.8 Å². The molecule has 0 radical (unpaired) electrons. The Morgan fingerprint density at radius 1 is 1.04 bits per heavy atom. The molecular weight excluding hydrogens is 340 g/mol. The largest absolute Gasteiger partial charge is 0.494 e. The number of anilines is 2. The van der Waals surface area contributed by atoms with Crippen LogP contribution < -0.4 is 20.1 Å². The summed E-state index contributed by atoms with van der Waals surface area (Å²) < 4.78 is 11.2. The van der Waals surface area contributed by atoms with Gasteiger partial charge in [-0.1, -0.05) is 6.07 Å². The number of rotatable bonds is 7. The second kappa shape index (κ2) is 9.39. The first-order chi connectivity index (χ1) is 11.7. The van der Waals surface area contributed by atoms with E-state index in [1.54, 1.807) is 11.8 Å². The second-order valence-corrected chi connectivity index (χ2v) is 6.12. The minimum Gasteiger partial charge on any atom is -0.494 e. The number of thioether (sulfide) groups is 1. The third-order valence-electron chi connectivity index (χ3n) is 3.14. The number of nitrogens with one attached hydrogen (secondary N) is 2. The Morgan fingerprint density at radius 2 is 1.83 bits per heavy atom. The van der Waals surface area contributed by atoms with E-state index in [9.17, 15) is 0 Å². The third kappa shape index (κ3) is 5.32. The van der Waals surface area contributed by atoms with Crippen LogP contribution in [0, 0.1) is 0 Å². The summed E-state index contributed by atoms with van der Waals surface area (Å²) in [5, 5.41) is 6.89. The number of hydrogen-bond acceptors (Lipinski definition) is 4. The third-order valence-corrected chi connectivity index (χ3v) is 4.07. The van der Waals surface area contributed by atoms with Crippen LogP contribution in [-0.2, 0) is 0 Å². The van der Waals surface area contributed by atoms with Crippen LogP contribution in [0.4, 0.5) is 11.4 Å². The fourth-order valence-electron chi connectivity index (χ4n) is 2.13. The molecule has 0 heterocycles. The highest BCUT2D eigenvalue weighted by Gasteiger charge is 2.08. The Balaban J connectivity index is 2.12. The van der Waals surface area contributed by atoms with E-state index in [1.807, 2.05) is 50.4 Å². The highest BCUT2D eigenvalue weighted by atomic mass is 32.2. The van der Waals surface area contributed by atoms with E-state index >= 15 is 0 Å². The van der Waals surface area contributed by atoms with E-state index in [0.717, 1.165) is 22.9 Å². The molecule has 0 aliphatic heterocycles. The molecule has 0 atom stereocenters. The molecule has 0 aliphatic carbocycles. The summed E-state index contributed by atoms with van der Waals surface area (Å²) in [6.45, 7) is 5.09. The average molecular weight is 363 g/mol. The summed E-state index contributed by atoms with van der Waals surface area (Å²) in [5.41, 5.74) is 1.72. The fourth-order valence-corrected chi connectivity index (χ4v) is 2.82. The quantitative estimate of drug-likeness (QED) is 0.533. The molecule has 0 spiro atoms. The van der Waals surface area contributed by atoms with E-state index < -0.39 is 0 Å². The van der Waals surface area contributed by atoms with Crippen molar-refractivity contribution in [1.29, 1.82) is 0 Å². The van der Waals surface area contributed by atoms with Gasteiger partial charge in [0.25, 0.3) is 0 Å². The number of benzene rings is 2. The molecule has 2 rings (SSSR count). The number of ether oxygens (including phenoxy) is 2. The maximum atomic E-state index is 5.65. The summed E-state index contributed by atoms with van der Waals surface area (Å²) in [4.78, 5) is 1.18. The van der Waals surface area contributed by atoms with Gasteiger partial charge in [0.15, 0.2) is 5.11 Å². The van der Waals surface area contributed by atoms with Gasteiger partial charge in [-0.3, -0.25) is 0 Å². The Labute approximate surface area is 152 Å². The molecule has 0 bridgehead atoms. The first kappa shape index (κ1) is 18.4. The Kier molecular flexibility index (Phi) is 7.21. The number of thiocarbonyl (C=S) groups is 1. The molecule has 2 aromatic rings. The lowest BCUT2D eigenvalue weighted by atomic mass is 10.2. The first-order valence-electron chi connectivity index (χ1n) is 7.78. The van der Waals surface area contributed by atoms with Gasteiger partial charge in [0.1, 0.15) is 11.5 Å². The van der Waals surface area contributed by atoms with Crippen molar-refractivity contribution in [3.8, 4) is 11.5 Å². The fraction of sp³-hybridized carbons (Fsp3) is 0.278. The van der Waals surface area contributed by atoms with Crippen molar-refractivity contribution in [2.75, 3.05) is 30.1 Å². The van der Waals surface area contributed by atoms with Crippen molar-refractivity contribution in [3.05, 3.63) is 42.5 Å². The lowest BCUT2D eigenvalue weighted by molar-refractivity contribution is 0.332. The predicted octanol–water partition coefficient (Wildman–Crippen LogP) is 5.01. The highest BCUT2D eigenvalue weighted by Crippen LogP contribution is 2.29. The van der Waals surface area contributed by atoms with Gasteiger partial charge in [0, 0.05) is 16.6 Å². The molecular formula is C18H22N2O2S2. The second-order valence-electron chi connectivity index (χ2n) is 4.84. The molecule has 0 aromatic heterocycles. The Morgan fingerprint density at radius 3 is 2.54 bits per heavy atom. The van der Waals surface area contributed by atoms with Crippen molar-refractivity contribution in [1.82, 2.24) is 0 Å². The zero-order valence-corrected chi connectivity index (χ0v) is 15.7. The summed E-state index contributed by atoms with van der Waals surface area (Å²) in [7, 11) is 0. The van der Waals surface area contributed by atoms with Crippen LogP contribution in [0.2, 0.25) is 0 Å². The van der Waals surface area contributed by atoms with Crippen molar-refractivity contribution < 1.29 is 9.47 Å². The van der Waals surface area contributed by atoms with E-state index in [4.69, 9.17) is 21.7 Å². The van der Waals surface area contributed by atoms with Gasteiger partial charge in [-0.05, 0) is 62.7 Å². The van der Waals surface area contributed by atoms with Crippen molar-refractivity contribution in [2.24, 2.45) is 0 Å². The summed E-state index contributed by atoms with van der Waals surface area (Å²) in [6.07, 6.45) is 2.04. The van der Waals surface area contributed by atoms with Crippen LogP contribution in [-0.4, -0.2) is 24.6 Å². The summed E-state index contributed by atoms with van der Waals surface area (Å²) >= 11 is 7.11. The molecule has 0 saturated heterocycles. The van der Waals surface area contributed by atoms with Gasteiger partial charge in [-0.15, -0.1) is 11.8 Å². The molecule has 0 fully saturated rings. The monoisotopic (exact) mass is 362 g/mol. The lowest BCUT2D eigenvalue weighted by Crippen LogP contribution is -2.19. The highest BCUT2D eigenvalue weighted by molar-refractivity contribution is 7.98. The van der Waals surface area contributed by atoms with Crippen LogP contribution in [0.25, 0.3) is 0 Å². The molecule has 6 heteroatoms. The smallest absolute Gasteiger partial charge is 0.175 e. The zero-order valence-electron chi connectivity index (χ0n) is 14.1. The number of hydrogen-bond donors (Lipinski definition) is 2. The average Bonchev–Trinajstić information content (AvgIpc) is 2.57. The minimum atomic E-state index is 0.503. The van der Waals surface area contributed by atoms with Gasteiger partial charge in [-0.25, -0.2) is 0 Å². The van der Waals surface area contributed by atoms with Crippen molar-refractivity contribution in [3.63, 3.8) is 0 Å². The Bertz CT molecular complexity index is 692. The van der Waals surface area contributed by atoms with Crippen molar-refractivity contribution in [2.45, 2.75) is 18.7 Å². The molecule has 0 aliphatic rings. The van der Waals surface area contributed by atoms with Gasteiger partial charge in [-0.2, -0.15) is 0 Å². The maximum absolute atomic E-state index is 5.65. The molecule has 0 unspecified atom stereocenters. The lowest BCUT2D eigenvalue weighted by Gasteiger charge is -2.16. The van der Waals surface area contributed by atoms with E-state index in [-0.39, 0.29) is 0 Å². The summed E-state index contributed by atoms with van der Waals surface area (Å²) in [5.74, 6) is 1.51. The molecule has 0 saturated carbocycles. The van der Waals surface area contributed by atoms with E-state index in [0.29, 0.717) is 18.3 Å². The van der Waals surface area contributed by atoms with Gasteiger partial charge in [0.05, 0.1) is 18.9 Å². The van der Waals surface area contributed by atoms with Crippen molar-refractivity contribution >= 4 is 40.5 Å². The van der Waals surface area contributed by atoms with E-state index in [1.165, 1.54) is 4.90 Å². The molecule has 2 N–H and O–H groups in total. The van der Waals surface area contributed by atoms with Crippen LogP contribution in [0.1, 0.15) is 13.8 Å². The van der Waals surface area contributed by atoms with Crippen LogP contribution >= 0.6 is 24.0 Å². The van der Waals surface area contributed by atoms with Crippen LogP contribution in [0.15, 0.2) is 47.4 Å². The molecule has 24 heavy (non-hydrogen) atoms. The van der Waals surface area contributed by atoms with Gasteiger partial charge >= 0.3 is 0 Å². The SMILES string of the molecule is CCOc1ccc(OCC)c(NC(=S)Nc2cccc(SC)c2)c1. The minimum absolute atomic E-state index is 0.503. The summed E-state index contributed by atoms with van der Waals surface area (Å²) in [6, 6.07) is 13.8. The predicted molar refractivity (Wildman–Crippen MR) is 107 cm³/mol. The normalized spacial score (nSPS) is 10.1. The van der Waals surface area contributed by atoms with Gasteiger partial charge < -0.3 is 20.1 Å². The zero-order chi connectivity index (χ0) is 17.4. The molecule has 0 amide bonds. The molecule has 2 aromatic carbocycles. The maximum Gasteiger partial charge on any atom is 0.175 e.